The molecule has 3 heteroatoms. The average Bonchev–Trinajstić information content (AvgIpc) is 2.49. The zero-order valence-corrected chi connectivity index (χ0v) is 13.2. The summed E-state index contributed by atoms with van der Waals surface area (Å²) in [6, 6.07) is 8.59. The highest BCUT2D eigenvalue weighted by Gasteiger charge is 2.36. The molecule has 0 bridgehead atoms. The van der Waals surface area contributed by atoms with Crippen LogP contribution in [0.3, 0.4) is 0 Å². The molecule has 2 aliphatic heterocycles. The molecular weight excluding hydrogens is 260 g/mol. The van der Waals surface area contributed by atoms with Gasteiger partial charge in [-0.05, 0) is 68.8 Å². The van der Waals surface area contributed by atoms with E-state index in [2.05, 4.69) is 34.5 Å². The molecule has 3 rings (SSSR count). The Morgan fingerprint density at radius 3 is 3.00 bits per heavy atom. The van der Waals surface area contributed by atoms with Gasteiger partial charge in [-0.1, -0.05) is 12.1 Å². The van der Waals surface area contributed by atoms with Gasteiger partial charge in [0.1, 0.15) is 5.75 Å². The number of piperidine rings is 2. The summed E-state index contributed by atoms with van der Waals surface area (Å²) in [7, 11) is 0. The van der Waals surface area contributed by atoms with Crippen molar-refractivity contribution in [2.24, 2.45) is 5.41 Å². The molecule has 0 radical (unpaired) electrons. The van der Waals surface area contributed by atoms with Gasteiger partial charge in [-0.3, -0.25) is 4.90 Å². The van der Waals surface area contributed by atoms with Crippen LogP contribution in [0.5, 0.6) is 5.75 Å². The molecule has 2 fully saturated rings. The molecule has 1 N–H and O–H groups in total. The lowest BCUT2D eigenvalue weighted by Gasteiger charge is -2.45. The van der Waals surface area contributed by atoms with Crippen molar-refractivity contribution < 1.29 is 4.74 Å². The third kappa shape index (κ3) is 3.78. The summed E-state index contributed by atoms with van der Waals surface area (Å²) in [4.78, 5) is 2.64. The van der Waals surface area contributed by atoms with E-state index in [9.17, 15) is 0 Å². The second kappa shape index (κ2) is 6.80. The van der Waals surface area contributed by atoms with E-state index in [1.165, 1.54) is 57.4 Å². The molecule has 0 saturated carbocycles. The molecule has 0 aliphatic carbocycles. The number of hydrogen-bond donors (Lipinski definition) is 1. The van der Waals surface area contributed by atoms with Crippen molar-refractivity contribution in [2.75, 3.05) is 32.8 Å². The lowest BCUT2D eigenvalue weighted by atomic mass is 9.74. The molecule has 0 aromatic heterocycles. The molecule has 3 nitrogen and oxygen atoms in total. The largest absolute Gasteiger partial charge is 0.494 e. The van der Waals surface area contributed by atoms with Crippen LogP contribution < -0.4 is 10.1 Å². The Hall–Kier alpha value is -1.06. The first-order valence-electron chi connectivity index (χ1n) is 8.44. The maximum absolute atomic E-state index is 5.62. The summed E-state index contributed by atoms with van der Waals surface area (Å²) in [5, 5.41) is 3.61. The van der Waals surface area contributed by atoms with E-state index in [0.717, 1.165) is 18.9 Å². The van der Waals surface area contributed by atoms with Crippen LogP contribution in [0.2, 0.25) is 0 Å². The van der Waals surface area contributed by atoms with Crippen LogP contribution in [0.1, 0.15) is 38.2 Å². The smallest absolute Gasteiger partial charge is 0.119 e. The van der Waals surface area contributed by atoms with Gasteiger partial charge < -0.3 is 10.1 Å². The lowest BCUT2D eigenvalue weighted by Crippen LogP contribution is -2.50. The maximum atomic E-state index is 5.62. The topological polar surface area (TPSA) is 24.5 Å². The second-order valence-electron chi connectivity index (χ2n) is 6.67. The summed E-state index contributed by atoms with van der Waals surface area (Å²) in [6.45, 7) is 8.74. The second-order valence-corrected chi connectivity index (χ2v) is 6.67. The summed E-state index contributed by atoms with van der Waals surface area (Å²) < 4.78 is 5.62. The molecular formula is C18H28N2O. The summed E-state index contributed by atoms with van der Waals surface area (Å²) in [5.41, 5.74) is 1.91. The summed E-state index contributed by atoms with van der Waals surface area (Å²) in [6.07, 6.45) is 5.48. The Bertz CT molecular complexity index is 449. The van der Waals surface area contributed by atoms with E-state index >= 15 is 0 Å². The highest BCUT2D eigenvalue weighted by molar-refractivity contribution is 5.28. The third-order valence-electron chi connectivity index (χ3n) is 4.92. The fraction of sp³-hybridized carbons (Fsp3) is 0.667. The number of nitrogens with one attached hydrogen (secondary N) is 1. The Morgan fingerprint density at radius 1 is 1.29 bits per heavy atom. The zero-order valence-electron chi connectivity index (χ0n) is 13.2. The van der Waals surface area contributed by atoms with Crippen LogP contribution in [0.4, 0.5) is 0 Å². The number of benzene rings is 1. The Kier molecular flexibility index (Phi) is 4.81. The normalized spacial score (nSPS) is 26.9. The third-order valence-corrected chi connectivity index (χ3v) is 4.92. The molecule has 1 atom stereocenters. The number of likely N-dealkylation sites (tertiary alicyclic amines) is 1. The van der Waals surface area contributed by atoms with Gasteiger partial charge >= 0.3 is 0 Å². The predicted molar refractivity (Wildman–Crippen MR) is 86.7 cm³/mol. The van der Waals surface area contributed by atoms with Crippen molar-refractivity contribution >= 4 is 0 Å². The van der Waals surface area contributed by atoms with E-state index < -0.39 is 0 Å². The van der Waals surface area contributed by atoms with Crippen molar-refractivity contribution in [3.05, 3.63) is 29.8 Å². The highest BCUT2D eigenvalue weighted by atomic mass is 16.5. The first-order chi connectivity index (χ1) is 10.3. The first kappa shape index (κ1) is 14.9. The van der Waals surface area contributed by atoms with Crippen molar-refractivity contribution in [3.8, 4) is 5.75 Å². The van der Waals surface area contributed by atoms with Crippen molar-refractivity contribution in [1.82, 2.24) is 10.2 Å². The highest BCUT2D eigenvalue weighted by Crippen LogP contribution is 2.36. The Balaban J connectivity index is 1.63. The van der Waals surface area contributed by atoms with Gasteiger partial charge in [0.2, 0.25) is 0 Å². The van der Waals surface area contributed by atoms with E-state index in [1.807, 2.05) is 6.92 Å². The summed E-state index contributed by atoms with van der Waals surface area (Å²) >= 11 is 0. The van der Waals surface area contributed by atoms with Crippen LogP contribution in [-0.2, 0) is 6.54 Å². The molecule has 21 heavy (non-hydrogen) atoms. The van der Waals surface area contributed by atoms with Gasteiger partial charge in [0.15, 0.2) is 0 Å². The number of nitrogens with zero attached hydrogens (tertiary/aromatic N) is 1. The van der Waals surface area contributed by atoms with Crippen molar-refractivity contribution in [1.29, 1.82) is 0 Å². The lowest BCUT2D eigenvalue weighted by molar-refractivity contribution is 0.0600. The van der Waals surface area contributed by atoms with E-state index in [1.54, 1.807) is 0 Å². The van der Waals surface area contributed by atoms with Crippen LogP contribution >= 0.6 is 0 Å². The summed E-state index contributed by atoms with van der Waals surface area (Å²) in [5.74, 6) is 1.00. The minimum atomic E-state index is 0.536. The molecule has 1 aromatic carbocycles. The van der Waals surface area contributed by atoms with Gasteiger partial charge in [-0.15, -0.1) is 0 Å². The minimum absolute atomic E-state index is 0.536. The Morgan fingerprint density at radius 2 is 2.19 bits per heavy atom. The molecule has 2 heterocycles. The number of ether oxygens (including phenoxy) is 1. The minimum Gasteiger partial charge on any atom is -0.494 e. The van der Waals surface area contributed by atoms with E-state index in [-0.39, 0.29) is 0 Å². The van der Waals surface area contributed by atoms with Crippen molar-refractivity contribution in [3.63, 3.8) is 0 Å². The van der Waals surface area contributed by atoms with Crippen LogP contribution in [0.25, 0.3) is 0 Å². The van der Waals surface area contributed by atoms with E-state index in [4.69, 9.17) is 4.74 Å². The fourth-order valence-corrected chi connectivity index (χ4v) is 3.98. The molecule has 116 valence electrons. The monoisotopic (exact) mass is 288 g/mol. The van der Waals surface area contributed by atoms with Crippen LogP contribution in [-0.4, -0.2) is 37.7 Å². The van der Waals surface area contributed by atoms with Crippen LogP contribution in [0.15, 0.2) is 24.3 Å². The molecule has 0 amide bonds. The SMILES string of the molecule is CCOc1cccc(CN2CCCC3(CCCNC3)C2)c1. The van der Waals surface area contributed by atoms with Gasteiger partial charge in [0.25, 0.3) is 0 Å². The van der Waals surface area contributed by atoms with Gasteiger partial charge in [-0.2, -0.15) is 0 Å². The average molecular weight is 288 g/mol. The predicted octanol–water partition coefficient (Wildman–Crippen LogP) is 3.05. The molecule has 2 aliphatic rings. The number of hydrogen-bond acceptors (Lipinski definition) is 3. The Labute approximate surface area is 128 Å². The molecule has 1 aromatic rings. The number of rotatable bonds is 4. The molecule has 1 spiro atoms. The standard InChI is InChI=1S/C18H28N2O/c1-2-21-17-7-3-6-16(12-17)13-20-11-5-9-18(15-20)8-4-10-19-14-18/h3,6-7,12,19H,2,4-5,8-11,13-15H2,1H3. The van der Waals surface area contributed by atoms with Gasteiger partial charge in [0.05, 0.1) is 6.61 Å². The quantitative estimate of drug-likeness (QED) is 0.921. The van der Waals surface area contributed by atoms with E-state index in [0.29, 0.717) is 5.41 Å². The van der Waals surface area contributed by atoms with Crippen molar-refractivity contribution in [2.45, 2.75) is 39.2 Å². The fourth-order valence-electron chi connectivity index (χ4n) is 3.98. The molecule has 2 saturated heterocycles. The van der Waals surface area contributed by atoms with Crippen LogP contribution in [0, 0.1) is 5.41 Å². The first-order valence-corrected chi connectivity index (χ1v) is 8.44. The molecule has 1 unspecified atom stereocenters. The van der Waals surface area contributed by atoms with Gasteiger partial charge in [0, 0.05) is 19.6 Å². The van der Waals surface area contributed by atoms with Gasteiger partial charge in [-0.25, -0.2) is 0 Å². The zero-order chi connectivity index (χ0) is 14.5. The maximum Gasteiger partial charge on any atom is 0.119 e.